The molecular formula is C13H13ClFNS. The molecule has 90 valence electrons. The van der Waals surface area contributed by atoms with Crippen LogP contribution in [-0.4, -0.2) is 7.05 Å². The highest BCUT2D eigenvalue weighted by atomic mass is 35.5. The van der Waals surface area contributed by atoms with Crippen molar-refractivity contribution < 1.29 is 4.39 Å². The minimum atomic E-state index is -0.220. The molecule has 2 aromatic rings. The van der Waals surface area contributed by atoms with Gasteiger partial charge >= 0.3 is 0 Å². The van der Waals surface area contributed by atoms with Gasteiger partial charge in [-0.15, -0.1) is 11.3 Å². The summed E-state index contributed by atoms with van der Waals surface area (Å²) in [5, 5.41) is 3.19. The van der Waals surface area contributed by atoms with E-state index < -0.39 is 0 Å². The largest absolute Gasteiger partial charge is 0.309 e. The van der Waals surface area contributed by atoms with Crippen molar-refractivity contribution in [1.82, 2.24) is 5.32 Å². The molecule has 0 aliphatic heterocycles. The fourth-order valence-corrected chi connectivity index (χ4v) is 3.14. The third-order valence-electron chi connectivity index (χ3n) is 2.63. The summed E-state index contributed by atoms with van der Waals surface area (Å²) in [5.74, 6) is -0.220. The van der Waals surface area contributed by atoms with E-state index >= 15 is 0 Å². The molecule has 1 heterocycles. The Kier molecular flexibility index (Phi) is 3.82. The smallest absolute Gasteiger partial charge is 0.123 e. The van der Waals surface area contributed by atoms with Crippen molar-refractivity contribution in [1.29, 1.82) is 0 Å². The fraction of sp³-hybridized carbons (Fsp3) is 0.231. The van der Waals surface area contributed by atoms with Gasteiger partial charge in [0.2, 0.25) is 0 Å². The van der Waals surface area contributed by atoms with Crippen LogP contribution in [0.25, 0.3) is 0 Å². The third-order valence-corrected chi connectivity index (χ3v) is 4.25. The topological polar surface area (TPSA) is 12.0 Å². The van der Waals surface area contributed by atoms with E-state index in [0.717, 1.165) is 20.3 Å². The van der Waals surface area contributed by atoms with E-state index in [1.54, 1.807) is 12.1 Å². The predicted octanol–water partition coefficient (Wildman–Crippen LogP) is 4.16. The van der Waals surface area contributed by atoms with E-state index in [0.29, 0.717) is 0 Å². The molecule has 0 aliphatic rings. The molecule has 1 nitrogen and oxygen atoms in total. The number of benzene rings is 1. The summed E-state index contributed by atoms with van der Waals surface area (Å²) < 4.78 is 14.0. The van der Waals surface area contributed by atoms with E-state index in [1.807, 2.05) is 26.1 Å². The summed E-state index contributed by atoms with van der Waals surface area (Å²) in [5.41, 5.74) is 1.97. The summed E-state index contributed by atoms with van der Waals surface area (Å²) in [6, 6.07) is 8.65. The van der Waals surface area contributed by atoms with E-state index in [4.69, 9.17) is 11.6 Å². The Morgan fingerprint density at radius 3 is 2.65 bits per heavy atom. The van der Waals surface area contributed by atoms with E-state index in [9.17, 15) is 4.39 Å². The molecule has 1 unspecified atom stereocenters. The first kappa shape index (κ1) is 12.6. The first-order valence-corrected chi connectivity index (χ1v) is 6.50. The molecule has 17 heavy (non-hydrogen) atoms. The van der Waals surface area contributed by atoms with Gasteiger partial charge in [0, 0.05) is 4.88 Å². The Balaban J connectivity index is 2.39. The summed E-state index contributed by atoms with van der Waals surface area (Å²) >= 11 is 7.59. The highest BCUT2D eigenvalue weighted by Gasteiger charge is 2.16. The lowest BCUT2D eigenvalue weighted by atomic mass is 10.1. The Labute approximate surface area is 109 Å². The average Bonchev–Trinajstić information content (AvgIpc) is 2.60. The summed E-state index contributed by atoms with van der Waals surface area (Å²) in [7, 11) is 1.86. The molecule has 0 aliphatic carbocycles. The van der Waals surface area contributed by atoms with Crippen LogP contribution in [0.2, 0.25) is 4.34 Å². The number of hydrogen-bond donors (Lipinski definition) is 1. The zero-order chi connectivity index (χ0) is 12.4. The summed E-state index contributed by atoms with van der Waals surface area (Å²) in [6.07, 6.45) is 0. The van der Waals surface area contributed by atoms with Crippen LogP contribution in [0.15, 0.2) is 30.3 Å². The van der Waals surface area contributed by atoms with Crippen molar-refractivity contribution >= 4 is 22.9 Å². The molecule has 0 radical (unpaired) electrons. The molecule has 1 aromatic carbocycles. The number of rotatable bonds is 3. The van der Waals surface area contributed by atoms with Gasteiger partial charge in [-0.3, -0.25) is 0 Å². The molecule has 1 atom stereocenters. The molecule has 0 saturated carbocycles. The van der Waals surface area contributed by atoms with Crippen LogP contribution in [0.1, 0.15) is 22.0 Å². The van der Waals surface area contributed by atoms with Gasteiger partial charge in [0.1, 0.15) is 5.82 Å². The number of aryl methyl sites for hydroxylation is 1. The Morgan fingerprint density at radius 1 is 1.35 bits per heavy atom. The van der Waals surface area contributed by atoms with Gasteiger partial charge < -0.3 is 5.32 Å². The summed E-state index contributed by atoms with van der Waals surface area (Å²) in [4.78, 5) is 1.10. The molecule has 4 heteroatoms. The van der Waals surface area contributed by atoms with Crippen LogP contribution < -0.4 is 5.32 Å². The van der Waals surface area contributed by atoms with E-state index in [-0.39, 0.29) is 11.9 Å². The van der Waals surface area contributed by atoms with Crippen LogP contribution in [0.3, 0.4) is 0 Å². The fourth-order valence-electron chi connectivity index (χ4n) is 1.79. The van der Waals surface area contributed by atoms with Gasteiger partial charge in [-0.1, -0.05) is 23.7 Å². The highest BCUT2D eigenvalue weighted by Crippen LogP contribution is 2.33. The van der Waals surface area contributed by atoms with Crippen LogP contribution in [0.4, 0.5) is 4.39 Å². The molecular weight excluding hydrogens is 257 g/mol. The van der Waals surface area contributed by atoms with Gasteiger partial charge in [-0.25, -0.2) is 4.39 Å². The zero-order valence-electron chi connectivity index (χ0n) is 9.63. The third kappa shape index (κ3) is 2.68. The standard InChI is InChI=1S/C13H13ClFNS/c1-8-6-11(17-13(8)14)12(16-2)9-4-3-5-10(15)7-9/h3-7,12,16H,1-2H3. The van der Waals surface area contributed by atoms with Gasteiger partial charge in [0.05, 0.1) is 10.4 Å². The maximum Gasteiger partial charge on any atom is 0.123 e. The second kappa shape index (κ2) is 5.17. The van der Waals surface area contributed by atoms with Crippen LogP contribution in [-0.2, 0) is 0 Å². The van der Waals surface area contributed by atoms with Crippen molar-refractivity contribution in [3.8, 4) is 0 Å². The molecule has 0 amide bonds. The van der Waals surface area contributed by atoms with Gasteiger partial charge in [-0.2, -0.15) is 0 Å². The van der Waals surface area contributed by atoms with Gasteiger partial charge in [0.15, 0.2) is 0 Å². The van der Waals surface area contributed by atoms with Crippen molar-refractivity contribution in [3.05, 3.63) is 56.5 Å². The maximum atomic E-state index is 13.2. The molecule has 0 spiro atoms. The summed E-state index contributed by atoms with van der Waals surface area (Å²) in [6.45, 7) is 1.97. The van der Waals surface area contributed by atoms with Crippen molar-refractivity contribution in [2.24, 2.45) is 0 Å². The maximum absolute atomic E-state index is 13.2. The van der Waals surface area contributed by atoms with Crippen LogP contribution in [0.5, 0.6) is 0 Å². The minimum absolute atomic E-state index is 0.0121. The highest BCUT2D eigenvalue weighted by molar-refractivity contribution is 7.16. The molecule has 0 fully saturated rings. The van der Waals surface area contributed by atoms with Gasteiger partial charge in [0.25, 0.3) is 0 Å². The Hall–Kier alpha value is -0.900. The predicted molar refractivity (Wildman–Crippen MR) is 71.4 cm³/mol. The average molecular weight is 270 g/mol. The molecule has 0 bridgehead atoms. The van der Waals surface area contributed by atoms with Crippen LogP contribution in [0, 0.1) is 12.7 Å². The zero-order valence-corrected chi connectivity index (χ0v) is 11.2. The number of nitrogens with one attached hydrogen (secondary N) is 1. The monoisotopic (exact) mass is 269 g/mol. The molecule has 0 saturated heterocycles. The van der Waals surface area contributed by atoms with Crippen molar-refractivity contribution in [3.63, 3.8) is 0 Å². The van der Waals surface area contributed by atoms with Crippen LogP contribution >= 0.6 is 22.9 Å². The number of halogens is 2. The normalized spacial score (nSPS) is 12.7. The Bertz CT molecular complexity index is 504. The SMILES string of the molecule is CNC(c1cccc(F)c1)c1cc(C)c(Cl)s1. The molecule has 1 N–H and O–H groups in total. The second-order valence-corrected chi connectivity index (χ2v) is 5.57. The minimum Gasteiger partial charge on any atom is -0.309 e. The number of thiophene rings is 1. The quantitative estimate of drug-likeness (QED) is 0.882. The first-order valence-electron chi connectivity index (χ1n) is 5.30. The van der Waals surface area contributed by atoms with E-state index in [1.165, 1.54) is 17.4 Å². The van der Waals surface area contributed by atoms with Crippen molar-refractivity contribution in [2.75, 3.05) is 7.05 Å². The molecule has 1 aromatic heterocycles. The number of hydrogen-bond acceptors (Lipinski definition) is 2. The van der Waals surface area contributed by atoms with Crippen molar-refractivity contribution in [2.45, 2.75) is 13.0 Å². The lowest BCUT2D eigenvalue weighted by Crippen LogP contribution is -2.16. The lowest BCUT2D eigenvalue weighted by molar-refractivity contribution is 0.618. The van der Waals surface area contributed by atoms with Gasteiger partial charge in [-0.05, 0) is 43.3 Å². The second-order valence-electron chi connectivity index (χ2n) is 3.88. The first-order chi connectivity index (χ1) is 8.11. The Morgan fingerprint density at radius 2 is 2.12 bits per heavy atom. The molecule has 2 rings (SSSR count). The van der Waals surface area contributed by atoms with E-state index in [2.05, 4.69) is 5.32 Å². The lowest BCUT2D eigenvalue weighted by Gasteiger charge is -2.14.